The van der Waals surface area contributed by atoms with Crippen LogP contribution in [0.2, 0.25) is 0 Å². The number of methoxy groups -OCH3 is 2. The zero-order chi connectivity index (χ0) is 19.6. The molecule has 0 radical (unpaired) electrons. The summed E-state index contributed by atoms with van der Waals surface area (Å²) in [6, 6.07) is 5.28. The number of thioether (sulfide) groups is 1. The van der Waals surface area contributed by atoms with Crippen molar-refractivity contribution in [1.29, 1.82) is 0 Å². The van der Waals surface area contributed by atoms with E-state index in [0.29, 0.717) is 17.2 Å². The van der Waals surface area contributed by atoms with Gasteiger partial charge in [0.2, 0.25) is 5.91 Å². The summed E-state index contributed by atoms with van der Waals surface area (Å²) in [4.78, 5) is 23.7. The number of carbonyl (C=O) groups is 1. The number of rotatable bonds is 6. The number of thiophene rings is 1. The molecule has 27 heavy (non-hydrogen) atoms. The largest absolute Gasteiger partial charge is 0.497 e. The lowest BCUT2D eigenvalue weighted by atomic mass is 10.2. The molecule has 8 heteroatoms. The molecule has 3 aromatic rings. The number of amides is 1. The number of benzene rings is 1. The second kappa shape index (κ2) is 8.14. The summed E-state index contributed by atoms with van der Waals surface area (Å²) in [6.07, 6.45) is 1.55. The smallest absolute Gasteiger partial charge is 0.237 e. The van der Waals surface area contributed by atoms with Gasteiger partial charge < -0.3 is 14.8 Å². The van der Waals surface area contributed by atoms with Crippen molar-refractivity contribution in [2.45, 2.75) is 31.0 Å². The van der Waals surface area contributed by atoms with Crippen LogP contribution in [-0.2, 0) is 4.79 Å². The molecular formula is C19H21N3O3S2. The van der Waals surface area contributed by atoms with Crippen molar-refractivity contribution in [3.8, 4) is 11.5 Å². The summed E-state index contributed by atoms with van der Waals surface area (Å²) in [6.45, 7) is 5.99. The number of hydrogen-bond donors (Lipinski definition) is 1. The maximum absolute atomic E-state index is 12.7. The van der Waals surface area contributed by atoms with Gasteiger partial charge in [0.15, 0.2) is 0 Å². The van der Waals surface area contributed by atoms with E-state index in [2.05, 4.69) is 29.1 Å². The Morgan fingerprint density at radius 3 is 2.70 bits per heavy atom. The first-order valence-corrected chi connectivity index (χ1v) is 10.0. The Hall–Kier alpha value is -2.32. The molecule has 0 aliphatic carbocycles. The maximum atomic E-state index is 12.7. The van der Waals surface area contributed by atoms with E-state index in [1.807, 2.05) is 6.92 Å². The van der Waals surface area contributed by atoms with E-state index >= 15 is 0 Å². The van der Waals surface area contributed by atoms with Crippen LogP contribution >= 0.6 is 23.1 Å². The molecule has 0 aliphatic rings. The van der Waals surface area contributed by atoms with Gasteiger partial charge in [0.25, 0.3) is 0 Å². The van der Waals surface area contributed by atoms with Crippen LogP contribution in [0.25, 0.3) is 10.2 Å². The Kier molecular flexibility index (Phi) is 5.86. The fourth-order valence-electron chi connectivity index (χ4n) is 2.61. The van der Waals surface area contributed by atoms with Gasteiger partial charge in [-0.1, -0.05) is 11.8 Å². The van der Waals surface area contributed by atoms with E-state index in [1.54, 1.807) is 50.1 Å². The SMILES string of the molecule is COc1ccc(OC)c(NC(=O)C(C)Sc2ncnc3sc(C)c(C)c23)c1. The molecule has 0 saturated heterocycles. The van der Waals surface area contributed by atoms with Crippen molar-refractivity contribution in [1.82, 2.24) is 9.97 Å². The highest BCUT2D eigenvalue weighted by Gasteiger charge is 2.20. The van der Waals surface area contributed by atoms with Crippen molar-refractivity contribution in [2.75, 3.05) is 19.5 Å². The normalized spacial score (nSPS) is 12.0. The van der Waals surface area contributed by atoms with Crippen LogP contribution in [0, 0.1) is 13.8 Å². The number of fused-ring (bicyclic) bond motifs is 1. The molecule has 0 aliphatic heterocycles. The van der Waals surface area contributed by atoms with E-state index in [0.717, 1.165) is 15.2 Å². The fourth-order valence-corrected chi connectivity index (χ4v) is 4.64. The van der Waals surface area contributed by atoms with Crippen LogP contribution in [0.15, 0.2) is 29.6 Å². The van der Waals surface area contributed by atoms with Gasteiger partial charge in [0.1, 0.15) is 27.7 Å². The Balaban J connectivity index is 1.81. The number of aromatic nitrogens is 2. The van der Waals surface area contributed by atoms with Gasteiger partial charge in [0, 0.05) is 16.3 Å². The first kappa shape index (κ1) is 19.4. The van der Waals surface area contributed by atoms with Gasteiger partial charge in [-0.15, -0.1) is 11.3 Å². The van der Waals surface area contributed by atoms with E-state index in [-0.39, 0.29) is 11.2 Å². The van der Waals surface area contributed by atoms with Crippen molar-refractivity contribution in [2.24, 2.45) is 0 Å². The molecule has 1 atom stereocenters. The number of anilines is 1. The summed E-state index contributed by atoms with van der Waals surface area (Å²) in [5.74, 6) is 1.09. The zero-order valence-corrected chi connectivity index (χ0v) is 17.5. The van der Waals surface area contributed by atoms with Gasteiger partial charge >= 0.3 is 0 Å². The lowest BCUT2D eigenvalue weighted by Crippen LogP contribution is -2.23. The standard InChI is InChI=1S/C19H21N3O3S2/c1-10-11(2)26-18-16(10)19(21-9-20-18)27-12(3)17(23)22-14-8-13(24-4)6-7-15(14)25-5/h6-9,12H,1-5H3,(H,22,23). The number of carbonyl (C=O) groups excluding carboxylic acids is 1. The Labute approximate surface area is 166 Å². The summed E-state index contributed by atoms with van der Waals surface area (Å²) in [5, 5.41) is 4.42. The molecule has 142 valence electrons. The van der Waals surface area contributed by atoms with Crippen LogP contribution in [0.5, 0.6) is 11.5 Å². The number of aryl methyl sites for hydroxylation is 2. The third-order valence-electron chi connectivity index (χ3n) is 4.25. The number of nitrogens with one attached hydrogen (secondary N) is 1. The molecule has 2 heterocycles. The second-order valence-electron chi connectivity index (χ2n) is 5.96. The van der Waals surface area contributed by atoms with Crippen molar-refractivity contribution < 1.29 is 14.3 Å². The van der Waals surface area contributed by atoms with Crippen molar-refractivity contribution in [3.63, 3.8) is 0 Å². The highest BCUT2D eigenvalue weighted by atomic mass is 32.2. The molecule has 1 N–H and O–H groups in total. The van der Waals surface area contributed by atoms with Crippen LogP contribution in [-0.4, -0.2) is 35.3 Å². The predicted molar refractivity (Wildman–Crippen MR) is 110 cm³/mol. The molecule has 0 bridgehead atoms. The van der Waals surface area contributed by atoms with E-state index in [9.17, 15) is 4.79 Å². The van der Waals surface area contributed by atoms with Gasteiger partial charge in [0.05, 0.1) is 25.2 Å². The Morgan fingerprint density at radius 1 is 1.22 bits per heavy atom. The molecule has 0 saturated carbocycles. The zero-order valence-electron chi connectivity index (χ0n) is 15.8. The van der Waals surface area contributed by atoms with E-state index in [1.165, 1.54) is 22.2 Å². The minimum Gasteiger partial charge on any atom is -0.497 e. The minimum absolute atomic E-state index is 0.136. The molecule has 0 fully saturated rings. The van der Waals surface area contributed by atoms with Gasteiger partial charge in [-0.2, -0.15) is 0 Å². The third kappa shape index (κ3) is 4.01. The molecule has 1 aromatic carbocycles. The Morgan fingerprint density at radius 2 is 2.00 bits per heavy atom. The first-order chi connectivity index (χ1) is 12.9. The molecule has 6 nitrogen and oxygen atoms in total. The lowest BCUT2D eigenvalue weighted by molar-refractivity contribution is -0.115. The van der Waals surface area contributed by atoms with Crippen LogP contribution in [0.1, 0.15) is 17.4 Å². The van der Waals surface area contributed by atoms with E-state index < -0.39 is 0 Å². The monoisotopic (exact) mass is 403 g/mol. The fraction of sp³-hybridized carbons (Fsp3) is 0.316. The summed E-state index contributed by atoms with van der Waals surface area (Å²) in [7, 11) is 3.15. The highest BCUT2D eigenvalue weighted by molar-refractivity contribution is 8.00. The Bertz CT molecular complexity index is 988. The van der Waals surface area contributed by atoms with Crippen LogP contribution in [0.3, 0.4) is 0 Å². The maximum Gasteiger partial charge on any atom is 0.237 e. The molecule has 1 amide bonds. The van der Waals surface area contributed by atoms with E-state index in [4.69, 9.17) is 9.47 Å². The topological polar surface area (TPSA) is 73.3 Å². The van der Waals surface area contributed by atoms with Gasteiger partial charge in [-0.05, 0) is 38.5 Å². The number of hydrogen-bond acceptors (Lipinski definition) is 7. The molecule has 2 aromatic heterocycles. The first-order valence-electron chi connectivity index (χ1n) is 8.34. The molecule has 1 unspecified atom stereocenters. The molecule has 3 rings (SSSR count). The quantitative estimate of drug-likeness (QED) is 0.484. The summed E-state index contributed by atoms with van der Waals surface area (Å²) >= 11 is 3.07. The predicted octanol–water partition coefficient (Wildman–Crippen LogP) is 4.44. The van der Waals surface area contributed by atoms with Crippen LogP contribution < -0.4 is 14.8 Å². The third-order valence-corrected chi connectivity index (χ3v) is 6.47. The minimum atomic E-state index is -0.349. The summed E-state index contributed by atoms with van der Waals surface area (Å²) in [5.41, 5.74) is 1.74. The molecular weight excluding hydrogens is 382 g/mol. The average Bonchev–Trinajstić information content (AvgIpc) is 2.96. The lowest BCUT2D eigenvalue weighted by Gasteiger charge is -2.15. The number of ether oxygens (including phenoxy) is 2. The number of nitrogens with zero attached hydrogens (tertiary/aromatic N) is 2. The highest BCUT2D eigenvalue weighted by Crippen LogP contribution is 2.36. The van der Waals surface area contributed by atoms with Gasteiger partial charge in [-0.25, -0.2) is 9.97 Å². The van der Waals surface area contributed by atoms with Gasteiger partial charge in [-0.3, -0.25) is 4.79 Å². The van der Waals surface area contributed by atoms with Crippen LogP contribution in [0.4, 0.5) is 5.69 Å². The summed E-state index contributed by atoms with van der Waals surface area (Å²) < 4.78 is 10.6. The van der Waals surface area contributed by atoms with Crippen molar-refractivity contribution >= 4 is 44.9 Å². The average molecular weight is 404 g/mol. The molecule has 0 spiro atoms. The second-order valence-corrected chi connectivity index (χ2v) is 8.49. The van der Waals surface area contributed by atoms with Crippen molar-refractivity contribution in [3.05, 3.63) is 35.0 Å².